The minimum atomic E-state index is -3.61. The lowest BCUT2D eigenvalue weighted by Crippen LogP contribution is -2.27. The average Bonchev–Trinajstić information content (AvgIpc) is 2.19. The fraction of sp³-hybridized carbons (Fsp3) is 0.545. The van der Waals surface area contributed by atoms with Crippen LogP contribution in [-0.4, -0.2) is 19.9 Å². The van der Waals surface area contributed by atoms with Gasteiger partial charge in [0.05, 0.1) is 0 Å². The first-order valence-corrected chi connectivity index (χ1v) is 8.08. The molecule has 1 aromatic heterocycles. The number of sulfonamides is 1. The van der Waals surface area contributed by atoms with Crippen LogP contribution in [0.25, 0.3) is 0 Å². The monoisotopic (exact) mass is 354 g/mol. The Kier molecular flexibility index (Phi) is 5.17. The highest BCUT2D eigenvalue weighted by Gasteiger charge is 2.20. The fourth-order valence-corrected chi connectivity index (χ4v) is 3.20. The molecule has 0 aliphatic carbocycles. The van der Waals surface area contributed by atoms with Crippen LogP contribution in [0.15, 0.2) is 21.6 Å². The molecule has 0 saturated heterocycles. The second-order valence-corrected chi connectivity index (χ2v) is 8.16. The standard InChI is InChI=1S/C11H16BrClN2O2S/c1-11(2,3)4-5-15-18(16,17)9-6-8(12)7-14-10(9)13/h6-7,15H,4-5H2,1-3H3. The van der Waals surface area contributed by atoms with E-state index in [9.17, 15) is 8.42 Å². The molecular formula is C11H16BrClN2O2S. The van der Waals surface area contributed by atoms with E-state index in [0.717, 1.165) is 6.42 Å². The molecule has 1 heterocycles. The SMILES string of the molecule is CC(C)(C)CCNS(=O)(=O)c1cc(Br)cnc1Cl. The first kappa shape index (κ1) is 15.9. The van der Waals surface area contributed by atoms with Gasteiger partial charge in [0, 0.05) is 17.2 Å². The normalized spacial score (nSPS) is 12.7. The maximum atomic E-state index is 12.0. The average molecular weight is 356 g/mol. The van der Waals surface area contributed by atoms with Crippen molar-refractivity contribution in [2.45, 2.75) is 32.1 Å². The first-order valence-electron chi connectivity index (χ1n) is 5.42. The molecule has 4 nitrogen and oxygen atoms in total. The second-order valence-electron chi connectivity index (χ2n) is 5.15. The quantitative estimate of drug-likeness (QED) is 0.844. The predicted octanol–water partition coefficient (Wildman–Crippen LogP) is 3.21. The topological polar surface area (TPSA) is 59.1 Å². The number of rotatable bonds is 4. The Morgan fingerprint density at radius 1 is 1.44 bits per heavy atom. The molecule has 1 rings (SSSR count). The van der Waals surface area contributed by atoms with Crippen molar-refractivity contribution in [3.05, 3.63) is 21.9 Å². The van der Waals surface area contributed by atoms with Gasteiger partial charge in [0.1, 0.15) is 10.0 Å². The molecule has 0 atom stereocenters. The molecule has 0 aliphatic heterocycles. The second kappa shape index (κ2) is 5.86. The summed E-state index contributed by atoms with van der Waals surface area (Å²) in [6, 6.07) is 1.44. The van der Waals surface area contributed by atoms with E-state index in [2.05, 4.69) is 46.4 Å². The van der Waals surface area contributed by atoms with Crippen molar-refractivity contribution in [2.24, 2.45) is 5.41 Å². The van der Waals surface area contributed by atoms with Crippen LogP contribution >= 0.6 is 27.5 Å². The molecule has 1 aromatic rings. The highest BCUT2D eigenvalue weighted by molar-refractivity contribution is 9.10. The summed E-state index contributed by atoms with van der Waals surface area (Å²) in [4.78, 5) is 3.79. The van der Waals surface area contributed by atoms with Crippen LogP contribution < -0.4 is 4.72 Å². The van der Waals surface area contributed by atoms with Gasteiger partial charge in [-0.1, -0.05) is 32.4 Å². The third-order valence-corrected chi connectivity index (χ3v) is 4.55. The Hall–Kier alpha value is -0.170. The summed E-state index contributed by atoms with van der Waals surface area (Å²) in [6.45, 7) is 6.52. The number of nitrogens with one attached hydrogen (secondary N) is 1. The summed E-state index contributed by atoms with van der Waals surface area (Å²) in [7, 11) is -3.61. The van der Waals surface area contributed by atoms with Gasteiger partial charge >= 0.3 is 0 Å². The van der Waals surface area contributed by atoms with Crippen LogP contribution in [0.1, 0.15) is 27.2 Å². The molecule has 0 spiro atoms. The molecule has 18 heavy (non-hydrogen) atoms. The van der Waals surface area contributed by atoms with Crippen molar-refractivity contribution in [1.29, 1.82) is 0 Å². The fourth-order valence-electron chi connectivity index (χ4n) is 1.23. The molecule has 0 bridgehead atoms. The third-order valence-electron chi connectivity index (χ3n) is 2.23. The number of aromatic nitrogens is 1. The minimum Gasteiger partial charge on any atom is -0.242 e. The van der Waals surface area contributed by atoms with E-state index < -0.39 is 10.0 Å². The Labute approximate surface area is 121 Å². The molecule has 102 valence electrons. The Bertz CT molecular complexity index is 526. The van der Waals surface area contributed by atoms with Gasteiger partial charge in [0.15, 0.2) is 0 Å². The van der Waals surface area contributed by atoms with Gasteiger partial charge in [-0.2, -0.15) is 0 Å². The van der Waals surface area contributed by atoms with E-state index in [1.54, 1.807) is 0 Å². The molecule has 1 N–H and O–H groups in total. The maximum Gasteiger partial charge on any atom is 0.243 e. The van der Waals surface area contributed by atoms with Crippen molar-refractivity contribution in [3.63, 3.8) is 0 Å². The lowest BCUT2D eigenvalue weighted by molar-refractivity contribution is 0.378. The van der Waals surface area contributed by atoms with E-state index in [4.69, 9.17) is 11.6 Å². The van der Waals surface area contributed by atoms with Crippen LogP contribution in [0.4, 0.5) is 0 Å². The molecule has 0 unspecified atom stereocenters. The Morgan fingerprint density at radius 2 is 2.06 bits per heavy atom. The molecule has 0 aliphatic rings. The van der Waals surface area contributed by atoms with Gasteiger partial charge in [0.25, 0.3) is 0 Å². The van der Waals surface area contributed by atoms with Gasteiger partial charge in [-0.05, 0) is 33.8 Å². The summed E-state index contributed by atoms with van der Waals surface area (Å²) >= 11 is 8.97. The first-order chi connectivity index (χ1) is 8.12. The van der Waals surface area contributed by atoms with Crippen molar-refractivity contribution in [3.8, 4) is 0 Å². The minimum absolute atomic E-state index is 0.00699. The van der Waals surface area contributed by atoms with Crippen molar-refractivity contribution in [1.82, 2.24) is 9.71 Å². The van der Waals surface area contributed by atoms with Crippen molar-refractivity contribution in [2.75, 3.05) is 6.54 Å². The van der Waals surface area contributed by atoms with E-state index in [1.807, 2.05) is 0 Å². The highest BCUT2D eigenvalue weighted by Crippen LogP contribution is 2.23. The van der Waals surface area contributed by atoms with Crippen LogP contribution in [0.5, 0.6) is 0 Å². The number of hydrogen-bond acceptors (Lipinski definition) is 3. The maximum absolute atomic E-state index is 12.0. The molecular weight excluding hydrogens is 340 g/mol. The van der Waals surface area contributed by atoms with Gasteiger partial charge in [-0.3, -0.25) is 0 Å². The summed E-state index contributed by atoms with van der Waals surface area (Å²) in [6.07, 6.45) is 2.20. The lowest BCUT2D eigenvalue weighted by Gasteiger charge is -2.18. The van der Waals surface area contributed by atoms with E-state index >= 15 is 0 Å². The van der Waals surface area contributed by atoms with Crippen molar-refractivity contribution < 1.29 is 8.42 Å². The summed E-state index contributed by atoms with van der Waals surface area (Å²) in [5.74, 6) is 0. The van der Waals surface area contributed by atoms with Crippen LogP contribution in [0.3, 0.4) is 0 Å². The van der Waals surface area contributed by atoms with Crippen LogP contribution in [-0.2, 0) is 10.0 Å². The molecule has 0 aromatic carbocycles. The van der Waals surface area contributed by atoms with Crippen LogP contribution in [0, 0.1) is 5.41 Å². The zero-order chi connectivity index (χ0) is 14.0. The third kappa shape index (κ3) is 4.84. The molecule has 0 fully saturated rings. The predicted molar refractivity (Wildman–Crippen MR) is 76.2 cm³/mol. The number of pyridine rings is 1. The van der Waals surface area contributed by atoms with Gasteiger partial charge < -0.3 is 0 Å². The smallest absolute Gasteiger partial charge is 0.242 e. The van der Waals surface area contributed by atoms with E-state index in [0.29, 0.717) is 11.0 Å². The summed E-state index contributed by atoms with van der Waals surface area (Å²) in [5, 5.41) is -0.0264. The number of halogens is 2. The zero-order valence-electron chi connectivity index (χ0n) is 10.5. The molecule has 0 radical (unpaired) electrons. The van der Waals surface area contributed by atoms with Crippen molar-refractivity contribution >= 4 is 37.6 Å². The zero-order valence-corrected chi connectivity index (χ0v) is 13.7. The highest BCUT2D eigenvalue weighted by atomic mass is 79.9. The summed E-state index contributed by atoms with van der Waals surface area (Å²) in [5.41, 5.74) is 0.0713. The van der Waals surface area contributed by atoms with Gasteiger partial charge in [-0.15, -0.1) is 0 Å². The number of hydrogen-bond donors (Lipinski definition) is 1. The summed E-state index contributed by atoms with van der Waals surface area (Å²) < 4.78 is 27.2. The largest absolute Gasteiger partial charge is 0.243 e. The Balaban J connectivity index is 2.84. The molecule has 0 saturated carbocycles. The lowest BCUT2D eigenvalue weighted by atomic mass is 9.93. The Morgan fingerprint density at radius 3 is 2.61 bits per heavy atom. The van der Waals surface area contributed by atoms with E-state index in [-0.39, 0.29) is 15.5 Å². The van der Waals surface area contributed by atoms with E-state index in [1.165, 1.54) is 12.3 Å². The molecule has 0 amide bonds. The van der Waals surface area contributed by atoms with Crippen LogP contribution in [0.2, 0.25) is 5.15 Å². The number of nitrogens with zero attached hydrogens (tertiary/aromatic N) is 1. The van der Waals surface area contributed by atoms with Gasteiger partial charge in [-0.25, -0.2) is 18.1 Å². The van der Waals surface area contributed by atoms with Gasteiger partial charge in [0.2, 0.25) is 10.0 Å². The molecule has 7 heteroatoms.